The maximum absolute atomic E-state index is 5.74. The molecule has 0 saturated heterocycles. The second kappa shape index (κ2) is 6.09. The average molecular weight is 259 g/mol. The maximum atomic E-state index is 5.74. The molecule has 0 atom stereocenters. The summed E-state index contributed by atoms with van der Waals surface area (Å²) in [6.07, 6.45) is 3.49. The number of nitrogens with zero attached hydrogens (tertiary/aromatic N) is 1. The van der Waals surface area contributed by atoms with Crippen LogP contribution in [0.15, 0.2) is 36.7 Å². The Bertz CT molecular complexity index is 515. The molecule has 2 rings (SSSR count). The van der Waals surface area contributed by atoms with E-state index in [0.29, 0.717) is 6.61 Å². The molecular weight excluding hydrogens is 242 g/mol. The fraction of sp³-hybridized carbons (Fsp3) is 0.267. The number of methoxy groups -OCH3 is 2. The third-order valence-corrected chi connectivity index (χ3v) is 2.88. The second-order valence-corrected chi connectivity index (χ2v) is 4.10. The van der Waals surface area contributed by atoms with Crippen LogP contribution in [0.4, 0.5) is 0 Å². The predicted molar refractivity (Wildman–Crippen MR) is 72.9 cm³/mol. The second-order valence-electron chi connectivity index (χ2n) is 4.10. The van der Waals surface area contributed by atoms with Crippen molar-refractivity contribution >= 4 is 0 Å². The highest BCUT2D eigenvalue weighted by molar-refractivity contribution is 5.49. The number of benzene rings is 1. The van der Waals surface area contributed by atoms with Crippen molar-refractivity contribution in [3.63, 3.8) is 0 Å². The Kier molecular flexibility index (Phi) is 4.23. The smallest absolute Gasteiger partial charge is 0.129 e. The predicted octanol–water partition coefficient (Wildman–Crippen LogP) is 2.99. The molecule has 0 fully saturated rings. The quantitative estimate of drug-likeness (QED) is 0.827. The molecule has 0 amide bonds. The Hall–Kier alpha value is -2.23. The first kappa shape index (κ1) is 13.2. The molecule has 19 heavy (non-hydrogen) atoms. The first-order chi connectivity index (χ1) is 9.24. The van der Waals surface area contributed by atoms with Crippen LogP contribution in [-0.2, 0) is 6.61 Å². The first-order valence-corrected chi connectivity index (χ1v) is 5.99. The van der Waals surface area contributed by atoms with Crippen LogP contribution in [0, 0.1) is 6.92 Å². The standard InChI is InChI=1S/C15H17NO3/c1-11-14(17-2)8-13(9-15(11)18-3)19-10-12-4-6-16-7-5-12/h4-9H,10H2,1-3H3. The third kappa shape index (κ3) is 3.16. The van der Waals surface area contributed by atoms with Crippen molar-refractivity contribution in [1.29, 1.82) is 0 Å². The van der Waals surface area contributed by atoms with Crippen molar-refractivity contribution in [3.05, 3.63) is 47.8 Å². The maximum Gasteiger partial charge on any atom is 0.129 e. The number of hydrogen-bond acceptors (Lipinski definition) is 4. The van der Waals surface area contributed by atoms with Crippen molar-refractivity contribution in [2.75, 3.05) is 14.2 Å². The Morgan fingerprint density at radius 3 is 2.11 bits per heavy atom. The van der Waals surface area contributed by atoms with E-state index in [1.54, 1.807) is 26.6 Å². The van der Waals surface area contributed by atoms with Crippen LogP contribution in [0.3, 0.4) is 0 Å². The molecule has 0 aliphatic rings. The highest BCUT2D eigenvalue weighted by atomic mass is 16.5. The lowest BCUT2D eigenvalue weighted by molar-refractivity contribution is 0.300. The van der Waals surface area contributed by atoms with Crippen molar-refractivity contribution in [2.24, 2.45) is 0 Å². The molecule has 100 valence electrons. The largest absolute Gasteiger partial charge is 0.496 e. The van der Waals surface area contributed by atoms with Crippen LogP contribution >= 0.6 is 0 Å². The van der Waals surface area contributed by atoms with Crippen molar-refractivity contribution in [1.82, 2.24) is 4.98 Å². The highest BCUT2D eigenvalue weighted by Crippen LogP contribution is 2.33. The molecule has 0 saturated carbocycles. The van der Waals surface area contributed by atoms with E-state index in [0.717, 1.165) is 28.4 Å². The third-order valence-electron chi connectivity index (χ3n) is 2.88. The van der Waals surface area contributed by atoms with Crippen LogP contribution in [0.25, 0.3) is 0 Å². The summed E-state index contributed by atoms with van der Waals surface area (Å²) >= 11 is 0. The fourth-order valence-electron chi connectivity index (χ4n) is 1.79. The van der Waals surface area contributed by atoms with E-state index in [9.17, 15) is 0 Å². The topological polar surface area (TPSA) is 40.6 Å². The van der Waals surface area contributed by atoms with Gasteiger partial charge in [-0.1, -0.05) is 0 Å². The molecule has 0 spiro atoms. The summed E-state index contributed by atoms with van der Waals surface area (Å²) in [5.74, 6) is 2.23. The molecule has 4 nitrogen and oxygen atoms in total. The Morgan fingerprint density at radius 1 is 1.00 bits per heavy atom. The van der Waals surface area contributed by atoms with E-state index in [2.05, 4.69) is 4.98 Å². The molecule has 1 aromatic heterocycles. The van der Waals surface area contributed by atoms with E-state index in [4.69, 9.17) is 14.2 Å². The molecule has 1 aromatic carbocycles. The molecular formula is C15H17NO3. The molecule has 0 aliphatic heterocycles. The summed E-state index contributed by atoms with van der Waals surface area (Å²) in [6.45, 7) is 2.43. The van der Waals surface area contributed by atoms with Gasteiger partial charge >= 0.3 is 0 Å². The minimum Gasteiger partial charge on any atom is -0.496 e. The summed E-state index contributed by atoms with van der Waals surface area (Å²) in [5, 5.41) is 0. The first-order valence-electron chi connectivity index (χ1n) is 5.99. The monoisotopic (exact) mass is 259 g/mol. The Balaban J connectivity index is 2.16. The van der Waals surface area contributed by atoms with Gasteiger partial charge in [0.2, 0.25) is 0 Å². The number of aromatic nitrogens is 1. The molecule has 0 radical (unpaired) electrons. The van der Waals surface area contributed by atoms with Gasteiger partial charge in [0.25, 0.3) is 0 Å². The lowest BCUT2D eigenvalue weighted by atomic mass is 10.2. The van der Waals surface area contributed by atoms with E-state index in [1.807, 2.05) is 31.2 Å². The summed E-state index contributed by atoms with van der Waals surface area (Å²) in [7, 11) is 3.27. The summed E-state index contributed by atoms with van der Waals surface area (Å²) in [4.78, 5) is 3.97. The van der Waals surface area contributed by atoms with Crippen LogP contribution < -0.4 is 14.2 Å². The van der Waals surface area contributed by atoms with Gasteiger partial charge in [-0.25, -0.2) is 0 Å². The molecule has 1 heterocycles. The Morgan fingerprint density at radius 2 is 1.58 bits per heavy atom. The summed E-state index contributed by atoms with van der Waals surface area (Å²) in [6, 6.07) is 7.56. The minimum atomic E-state index is 0.484. The highest BCUT2D eigenvalue weighted by Gasteiger charge is 2.09. The van der Waals surface area contributed by atoms with Gasteiger partial charge in [-0.3, -0.25) is 4.98 Å². The average Bonchev–Trinajstić information content (AvgIpc) is 2.47. The van der Waals surface area contributed by atoms with Gasteiger partial charge in [0.1, 0.15) is 23.9 Å². The van der Waals surface area contributed by atoms with Gasteiger partial charge in [-0.05, 0) is 24.6 Å². The number of rotatable bonds is 5. The van der Waals surface area contributed by atoms with Gasteiger partial charge in [0.05, 0.1) is 14.2 Å². The van der Waals surface area contributed by atoms with Crippen molar-refractivity contribution in [3.8, 4) is 17.2 Å². The fourth-order valence-corrected chi connectivity index (χ4v) is 1.79. The molecule has 0 aliphatic carbocycles. The van der Waals surface area contributed by atoms with Gasteiger partial charge < -0.3 is 14.2 Å². The number of ether oxygens (including phenoxy) is 3. The van der Waals surface area contributed by atoms with E-state index in [1.165, 1.54) is 0 Å². The SMILES string of the molecule is COc1cc(OCc2ccncc2)cc(OC)c1C. The van der Waals surface area contributed by atoms with E-state index < -0.39 is 0 Å². The molecule has 0 bridgehead atoms. The van der Waals surface area contributed by atoms with Crippen LogP contribution in [-0.4, -0.2) is 19.2 Å². The molecule has 0 N–H and O–H groups in total. The summed E-state index contributed by atoms with van der Waals surface area (Å²) < 4.78 is 16.4. The van der Waals surface area contributed by atoms with Crippen molar-refractivity contribution < 1.29 is 14.2 Å². The van der Waals surface area contributed by atoms with Gasteiger partial charge in [0, 0.05) is 30.1 Å². The zero-order chi connectivity index (χ0) is 13.7. The van der Waals surface area contributed by atoms with E-state index in [-0.39, 0.29) is 0 Å². The van der Waals surface area contributed by atoms with Gasteiger partial charge in [-0.2, -0.15) is 0 Å². The van der Waals surface area contributed by atoms with Gasteiger partial charge in [0.15, 0.2) is 0 Å². The lowest BCUT2D eigenvalue weighted by Gasteiger charge is -2.13. The molecule has 2 aromatic rings. The van der Waals surface area contributed by atoms with E-state index >= 15 is 0 Å². The van der Waals surface area contributed by atoms with Gasteiger partial charge in [-0.15, -0.1) is 0 Å². The van der Waals surface area contributed by atoms with Crippen molar-refractivity contribution in [2.45, 2.75) is 13.5 Å². The Labute approximate surface area is 113 Å². The number of pyridine rings is 1. The zero-order valence-electron chi connectivity index (χ0n) is 11.3. The molecule has 4 heteroatoms. The van der Waals surface area contributed by atoms with Crippen LogP contribution in [0.5, 0.6) is 17.2 Å². The summed E-state index contributed by atoms with van der Waals surface area (Å²) in [5.41, 5.74) is 2.02. The van der Waals surface area contributed by atoms with Crippen LogP contribution in [0.2, 0.25) is 0 Å². The lowest BCUT2D eigenvalue weighted by Crippen LogP contribution is -1.98. The zero-order valence-corrected chi connectivity index (χ0v) is 11.3. The minimum absolute atomic E-state index is 0.484. The number of hydrogen-bond donors (Lipinski definition) is 0. The normalized spacial score (nSPS) is 10.1. The van der Waals surface area contributed by atoms with Crippen LogP contribution in [0.1, 0.15) is 11.1 Å². The molecule has 0 unspecified atom stereocenters.